The van der Waals surface area contributed by atoms with Crippen LogP contribution < -0.4 is 0 Å². The largest absolute Gasteiger partial charge is 0.0622 e. The summed E-state index contributed by atoms with van der Waals surface area (Å²) < 4.78 is 0. The molecule has 0 heterocycles. The van der Waals surface area contributed by atoms with Crippen molar-refractivity contribution in [2.45, 2.75) is 0 Å². The van der Waals surface area contributed by atoms with E-state index in [0.29, 0.717) is 0 Å². The lowest BCUT2D eigenvalue weighted by Crippen LogP contribution is -1.86. The Morgan fingerprint density at radius 1 is 0.190 bits per heavy atom. The number of fused-ring (bicyclic) bond motifs is 14. The van der Waals surface area contributed by atoms with E-state index >= 15 is 0 Å². The molecule has 14 aromatic rings. The monoisotopic (exact) mass is 726 g/mol. The lowest BCUT2D eigenvalue weighted by atomic mass is 9.89. The first-order valence-electron chi connectivity index (χ1n) is 20.4. The van der Waals surface area contributed by atoms with Gasteiger partial charge in [0.25, 0.3) is 0 Å². The minimum atomic E-state index is 1.26. The Labute approximate surface area is 332 Å². The van der Waals surface area contributed by atoms with E-state index in [-0.39, 0.29) is 0 Å². The molecule has 0 aromatic heterocycles. The molecule has 0 nitrogen and oxygen atoms in total. The topological polar surface area (TPSA) is 0 Å². The standard InChI is InChI=1S/C58H30/c1-2-12-32(13-3-1)50-48-30-47-42-20-8-14-31-15-9-24-44(49(31)42)53(47)54-40-18-6-7-19-41(40)55(58(48)54)57-46-29-27-36(39-23-11-25-45(52(39)46)56(50)57)35-26-28-43-34-17-5-4-16-33(34)37-21-10-22-38(35)51(37)43/h1-30H. The molecule has 0 saturated heterocycles. The number of hydrogen-bond acceptors (Lipinski definition) is 0. The third-order valence-electron chi connectivity index (χ3n) is 14.0. The molecule has 0 radical (unpaired) electrons. The Kier molecular flexibility index (Phi) is 5.25. The summed E-state index contributed by atoms with van der Waals surface area (Å²) >= 11 is 0. The van der Waals surface area contributed by atoms with E-state index in [2.05, 4.69) is 182 Å². The maximum Gasteiger partial charge on any atom is -0.000674 e. The lowest BCUT2D eigenvalue weighted by molar-refractivity contribution is 1.69. The molecular formula is C58H30. The highest BCUT2D eigenvalue weighted by Crippen LogP contribution is 2.57. The molecule has 1 aliphatic carbocycles. The first kappa shape index (κ1) is 29.7. The highest BCUT2D eigenvalue weighted by Gasteiger charge is 2.29. The Morgan fingerprint density at radius 3 is 1.43 bits per heavy atom. The van der Waals surface area contributed by atoms with Crippen LogP contribution in [-0.2, 0) is 0 Å². The second-order valence-electron chi connectivity index (χ2n) is 16.5. The van der Waals surface area contributed by atoms with Crippen LogP contribution in [0.4, 0.5) is 0 Å². The van der Waals surface area contributed by atoms with E-state index in [4.69, 9.17) is 0 Å². The van der Waals surface area contributed by atoms with Gasteiger partial charge in [-0.05, 0) is 158 Å². The molecule has 262 valence electrons. The van der Waals surface area contributed by atoms with Crippen molar-refractivity contribution in [1.82, 2.24) is 0 Å². The predicted molar refractivity (Wildman–Crippen MR) is 250 cm³/mol. The average molecular weight is 727 g/mol. The van der Waals surface area contributed by atoms with E-state index in [1.807, 2.05) is 0 Å². The van der Waals surface area contributed by atoms with Crippen molar-refractivity contribution in [1.29, 1.82) is 0 Å². The van der Waals surface area contributed by atoms with Crippen LogP contribution in [0.25, 0.3) is 152 Å². The Bertz CT molecular complexity index is 4080. The van der Waals surface area contributed by atoms with Crippen molar-refractivity contribution in [2.75, 3.05) is 0 Å². The Balaban J connectivity index is 1.16. The molecule has 14 aromatic carbocycles. The summed E-state index contributed by atoms with van der Waals surface area (Å²) in [5.41, 5.74) is 10.5. The molecule has 0 spiro atoms. The van der Waals surface area contributed by atoms with E-state index in [1.54, 1.807) is 0 Å². The summed E-state index contributed by atoms with van der Waals surface area (Å²) in [7, 11) is 0. The van der Waals surface area contributed by atoms with Crippen LogP contribution >= 0.6 is 0 Å². The number of rotatable bonds is 2. The third-order valence-corrected chi connectivity index (χ3v) is 14.0. The van der Waals surface area contributed by atoms with Gasteiger partial charge >= 0.3 is 0 Å². The third kappa shape index (κ3) is 3.35. The van der Waals surface area contributed by atoms with Gasteiger partial charge < -0.3 is 0 Å². The summed E-state index contributed by atoms with van der Waals surface area (Å²) in [6, 6.07) is 69.1. The summed E-state index contributed by atoms with van der Waals surface area (Å²) in [6.07, 6.45) is 0. The fraction of sp³-hybridized carbons (Fsp3) is 0. The summed E-state index contributed by atoms with van der Waals surface area (Å²) in [5, 5.41) is 27.1. The molecule has 15 rings (SSSR count). The molecular weight excluding hydrogens is 697 g/mol. The highest BCUT2D eigenvalue weighted by atomic mass is 14.3. The van der Waals surface area contributed by atoms with Crippen molar-refractivity contribution in [3.05, 3.63) is 182 Å². The van der Waals surface area contributed by atoms with Gasteiger partial charge in [0.1, 0.15) is 0 Å². The van der Waals surface area contributed by atoms with Gasteiger partial charge in [-0.1, -0.05) is 176 Å². The van der Waals surface area contributed by atoms with Crippen molar-refractivity contribution >= 4 is 108 Å². The van der Waals surface area contributed by atoms with Crippen LogP contribution in [-0.4, -0.2) is 0 Å². The maximum atomic E-state index is 2.56. The van der Waals surface area contributed by atoms with Crippen LogP contribution in [0.1, 0.15) is 0 Å². The Hall–Kier alpha value is -7.54. The molecule has 0 amide bonds. The highest BCUT2D eigenvalue weighted by molar-refractivity contribution is 6.53. The fourth-order valence-electron chi connectivity index (χ4n) is 11.9. The smallest absolute Gasteiger partial charge is 0.000674 e. The minimum Gasteiger partial charge on any atom is -0.0622 e. The Morgan fingerprint density at radius 2 is 0.655 bits per heavy atom. The van der Waals surface area contributed by atoms with Gasteiger partial charge in [0, 0.05) is 0 Å². The summed E-state index contributed by atoms with van der Waals surface area (Å²) in [4.78, 5) is 0. The van der Waals surface area contributed by atoms with E-state index in [9.17, 15) is 0 Å². The first-order valence-corrected chi connectivity index (χ1v) is 20.4. The molecule has 58 heavy (non-hydrogen) atoms. The second-order valence-corrected chi connectivity index (χ2v) is 16.5. The molecule has 0 fully saturated rings. The zero-order chi connectivity index (χ0) is 37.4. The van der Waals surface area contributed by atoms with Crippen LogP contribution in [0.2, 0.25) is 0 Å². The molecule has 1 aliphatic rings. The van der Waals surface area contributed by atoms with Crippen molar-refractivity contribution in [3.8, 4) is 44.5 Å². The van der Waals surface area contributed by atoms with Gasteiger partial charge in [0.15, 0.2) is 0 Å². The van der Waals surface area contributed by atoms with Gasteiger partial charge in [-0.2, -0.15) is 0 Å². The molecule has 0 atom stereocenters. The molecule has 0 N–H and O–H groups in total. The normalized spacial score (nSPS) is 12.8. The van der Waals surface area contributed by atoms with Gasteiger partial charge in [0.05, 0.1) is 0 Å². The zero-order valence-electron chi connectivity index (χ0n) is 31.3. The second kappa shape index (κ2) is 10.2. The fourth-order valence-corrected chi connectivity index (χ4v) is 11.9. The van der Waals surface area contributed by atoms with Gasteiger partial charge in [-0.15, -0.1) is 0 Å². The van der Waals surface area contributed by atoms with Crippen LogP contribution in [0, 0.1) is 0 Å². The minimum absolute atomic E-state index is 1.26. The maximum absolute atomic E-state index is 2.56. The van der Waals surface area contributed by atoms with Crippen LogP contribution in [0.5, 0.6) is 0 Å². The zero-order valence-corrected chi connectivity index (χ0v) is 31.3. The van der Waals surface area contributed by atoms with Gasteiger partial charge in [-0.25, -0.2) is 0 Å². The van der Waals surface area contributed by atoms with E-state index < -0.39 is 0 Å². The summed E-state index contributed by atoms with van der Waals surface area (Å²) in [5.74, 6) is 0. The summed E-state index contributed by atoms with van der Waals surface area (Å²) in [6.45, 7) is 0. The molecule has 0 heteroatoms. The van der Waals surface area contributed by atoms with Crippen molar-refractivity contribution in [3.63, 3.8) is 0 Å². The van der Waals surface area contributed by atoms with Gasteiger partial charge in [-0.3, -0.25) is 0 Å². The van der Waals surface area contributed by atoms with Crippen molar-refractivity contribution < 1.29 is 0 Å². The first-order chi connectivity index (χ1) is 28.8. The molecule has 0 unspecified atom stereocenters. The lowest BCUT2D eigenvalue weighted by Gasteiger charge is -2.13. The molecule has 0 aliphatic heterocycles. The average Bonchev–Trinajstić information content (AvgIpc) is 4.00. The van der Waals surface area contributed by atoms with Crippen molar-refractivity contribution in [2.24, 2.45) is 0 Å². The number of hydrogen-bond donors (Lipinski definition) is 0. The van der Waals surface area contributed by atoms with E-state index in [1.165, 1.54) is 152 Å². The number of benzene rings is 11. The van der Waals surface area contributed by atoms with Crippen LogP contribution in [0.3, 0.4) is 0 Å². The molecule has 0 bridgehead atoms. The van der Waals surface area contributed by atoms with Gasteiger partial charge in [0.2, 0.25) is 0 Å². The quantitative estimate of drug-likeness (QED) is 0.166. The predicted octanol–water partition coefficient (Wildman–Crippen LogP) is 16.5. The van der Waals surface area contributed by atoms with Crippen LogP contribution in [0.15, 0.2) is 182 Å². The SMILES string of the molecule is c1ccc(-c2c3cc4c5cccc6cccc(c65)c4c4c5ccccc5c(c5c6ccc(-c7ccc8c9c(cccc79)-c7ccccc7-8)c7cccc(c25)c76)c34)cc1. The van der Waals surface area contributed by atoms with E-state index in [0.717, 1.165) is 0 Å². The molecule has 0 saturated carbocycles.